The lowest BCUT2D eigenvalue weighted by Gasteiger charge is -2.36. The molecule has 0 saturated carbocycles. The van der Waals surface area contributed by atoms with Gasteiger partial charge in [0.2, 0.25) is 0 Å². The topological polar surface area (TPSA) is 94.7 Å². The molecule has 4 amide bonds. The second-order valence-electron chi connectivity index (χ2n) is 10.8. The van der Waals surface area contributed by atoms with E-state index in [4.69, 9.17) is 4.74 Å². The minimum Gasteiger partial charge on any atom is -0.376 e. The quantitative estimate of drug-likeness (QED) is 0.357. The van der Waals surface area contributed by atoms with Crippen LogP contribution in [0.2, 0.25) is 0 Å². The molecule has 3 atom stereocenters. The number of aryl methyl sites for hydroxylation is 1. The molecule has 4 heterocycles. The van der Waals surface area contributed by atoms with Gasteiger partial charge < -0.3 is 15.0 Å². The summed E-state index contributed by atoms with van der Waals surface area (Å²) >= 11 is 0. The van der Waals surface area contributed by atoms with Crippen molar-refractivity contribution in [2.24, 2.45) is 0 Å². The van der Waals surface area contributed by atoms with Crippen LogP contribution in [-0.2, 0) is 16.0 Å². The molecule has 3 aromatic carbocycles. The predicted molar refractivity (Wildman–Crippen MR) is 151 cm³/mol. The number of amides is 4. The van der Waals surface area contributed by atoms with Crippen molar-refractivity contribution in [3.05, 3.63) is 101 Å². The summed E-state index contributed by atoms with van der Waals surface area (Å²) in [7, 11) is 0. The molecule has 0 aliphatic carbocycles. The van der Waals surface area contributed by atoms with E-state index in [0.29, 0.717) is 30.8 Å². The monoisotopic (exact) mass is 534 g/mol. The number of benzene rings is 3. The van der Waals surface area contributed by atoms with Crippen molar-refractivity contribution >= 4 is 34.4 Å². The molecule has 8 heteroatoms. The summed E-state index contributed by atoms with van der Waals surface area (Å²) in [6.07, 6.45) is 2.26. The summed E-state index contributed by atoms with van der Waals surface area (Å²) in [5.74, 6) is -0.651. The van der Waals surface area contributed by atoms with Gasteiger partial charge in [-0.25, -0.2) is 9.69 Å². The molecule has 2 fully saturated rings. The highest BCUT2D eigenvalue weighted by atomic mass is 16.5. The van der Waals surface area contributed by atoms with E-state index in [0.717, 1.165) is 46.1 Å². The highest BCUT2D eigenvalue weighted by molar-refractivity contribution is 6.24. The Morgan fingerprint density at radius 1 is 1.02 bits per heavy atom. The third-order valence-electron chi connectivity index (χ3n) is 8.44. The molecular formula is C32H30N4O4. The van der Waals surface area contributed by atoms with Gasteiger partial charge in [-0.05, 0) is 54.7 Å². The molecule has 3 aliphatic heterocycles. The average Bonchev–Trinajstić information content (AvgIpc) is 3.69. The number of aromatic amines is 1. The number of rotatable bonds is 5. The number of carbonyl (C=O) groups excluding carboxylic acids is 3. The zero-order chi connectivity index (χ0) is 27.4. The van der Waals surface area contributed by atoms with Crippen molar-refractivity contribution in [1.29, 1.82) is 0 Å². The van der Waals surface area contributed by atoms with E-state index in [-0.39, 0.29) is 17.9 Å². The fourth-order valence-electron chi connectivity index (χ4n) is 6.48. The number of ether oxygens (including phenoxy) is 1. The van der Waals surface area contributed by atoms with Crippen LogP contribution in [-0.4, -0.2) is 53.0 Å². The van der Waals surface area contributed by atoms with Crippen LogP contribution in [0.25, 0.3) is 10.9 Å². The van der Waals surface area contributed by atoms with E-state index in [1.165, 1.54) is 4.90 Å². The lowest BCUT2D eigenvalue weighted by Crippen LogP contribution is -2.44. The smallest absolute Gasteiger partial charge is 0.332 e. The Morgan fingerprint density at radius 3 is 2.62 bits per heavy atom. The number of aromatic nitrogens is 1. The van der Waals surface area contributed by atoms with Crippen molar-refractivity contribution in [3.8, 4) is 0 Å². The van der Waals surface area contributed by atoms with Gasteiger partial charge in [-0.15, -0.1) is 0 Å². The van der Waals surface area contributed by atoms with Gasteiger partial charge in [0.15, 0.2) is 0 Å². The standard InChI is InChI=1S/C32H30N4O4/c1-19-9-2-3-11-21(19)29-28-24(22-12-4-6-14-25(22)34-28)17-27-31(38)36(32(39)35(27)29)26-15-7-5-13-23(26)30(37)33-18-20-10-8-16-40-20/h2-7,9,11-15,20,27,29,34H,8,10,16-18H2,1H3,(H,33,37)/t20-,27-,29-/m0/s1. The normalized spacial score (nSPS) is 22.1. The predicted octanol–water partition coefficient (Wildman–Crippen LogP) is 4.87. The SMILES string of the molecule is Cc1ccccc1[C@H]1c2[nH]c3ccccc3c2C[C@H]2C(=O)N(c3ccccc3C(=O)NC[C@@H]3CCCO3)C(=O)N12. The van der Waals surface area contributed by atoms with Gasteiger partial charge in [0.25, 0.3) is 11.8 Å². The van der Waals surface area contributed by atoms with Gasteiger partial charge in [0.1, 0.15) is 12.1 Å². The number of carbonyl (C=O) groups is 3. The Morgan fingerprint density at radius 2 is 1.80 bits per heavy atom. The van der Waals surface area contributed by atoms with Crippen LogP contribution in [0.15, 0.2) is 72.8 Å². The Kier molecular flexibility index (Phi) is 5.93. The van der Waals surface area contributed by atoms with Gasteiger partial charge in [0, 0.05) is 36.2 Å². The molecule has 0 radical (unpaired) electrons. The Bertz CT molecular complexity index is 1650. The van der Waals surface area contributed by atoms with E-state index in [2.05, 4.69) is 16.4 Å². The van der Waals surface area contributed by atoms with Crippen molar-refractivity contribution in [2.45, 2.75) is 44.4 Å². The maximum absolute atomic E-state index is 14.3. The van der Waals surface area contributed by atoms with Crippen LogP contribution >= 0.6 is 0 Å². The molecule has 2 saturated heterocycles. The number of hydrogen-bond acceptors (Lipinski definition) is 4. The number of urea groups is 1. The molecule has 4 aromatic rings. The van der Waals surface area contributed by atoms with Crippen LogP contribution in [0.3, 0.4) is 0 Å². The summed E-state index contributed by atoms with van der Waals surface area (Å²) < 4.78 is 5.64. The molecule has 0 unspecified atom stereocenters. The van der Waals surface area contributed by atoms with Gasteiger partial charge in [-0.3, -0.25) is 14.5 Å². The third-order valence-corrected chi connectivity index (χ3v) is 8.44. The number of nitrogens with zero attached hydrogens (tertiary/aromatic N) is 2. The van der Waals surface area contributed by atoms with E-state index < -0.39 is 18.1 Å². The molecule has 202 valence electrons. The van der Waals surface area contributed by atoms with E-state index in [1.54, 1.807) is 29.2 Å². The number of para-hydroxylation sites is 2. The Balaban J connectivity index is 1.30. The fourth-order valence-corrected chi connectivity index (χ4v) is 6.48. The molecule has 8 nitrogen and oxygen atoms in total. The van der Waals surface area contributed by atoms with Crippen LogP contribution in [0.4, 0.5) is 10.5 Å². The largest absolute Gasteiger partial charge is 0.376 e. The van der Waals surface area contributed by atoms with Crippen LogP contribution in [0.1, 0.15) is 51.6 Å². The van der Waals surface area contributed by atoms with Gasteiger partial charge >= 0.3 is 6.03 Å². The number of H-pyrrole nitrogens is 1. The molecule has 0 bridgehead atoms. The summed E-state index contributed by atoms with van der Waals surface area (Å²) in [5.41, 5.74) is 5.55. The fraction of sp³-hybridized carbons (Fsp3) is 0.281. The zero-order valence-electron chi connectivity index (χ0n) is 22.2. The Hall–Kier alpha value is -4.43. The summed E-state index contributed by atoms with van der Waals surface area (Å²) in [5, 5.41) is 4.00. The van der Waals surface area contributed by atoms with Gasteiger partial charge in [0.05, 0.1) is 17.4 Å². The third kappa shape index (κ3) is 3.82. The van der Waals surface area contributed by atoms with Gasteiger partial charge in [-0.2, -0.15) is 0 Å². The summed E-state index contributed by atoms with van der Waals surface area (Å²) in [6, 6.07) is 21.3. The number of imide groups is 1. The Labute approximate surface area is 231 Å². The molecule has 0 spiro atoms. The van der Waals surface area contributed by atoms with Crippen molar-refractivity contribution in [1.82, 2.24) is 15.2 Å². The molecular weight excluding hydrogens is 504 g/mol. The highest BCUT2D eigenvalue weighted by Crippen LogP contribution is 2.45. The first-order chi connectivity index (χ1) is 19.5. The van der Waals surface area contributed by atoms with Gasteiger partial charge in [-0.1, -0.05) is 54.6 Å². The minimum atomic E-state index is -0.688. The van der Waals surface area contributed by atoms with Crippen LogP contribution in [0.5, 0.6) is 0 Å². The summed E-state index contributed by atoms with van der Waals surface area (Å²) in [6.45, 7) is 3.11. The van der Waals surface area contributed by atoms with E-state index in [1.807, 2.05) is 49.4 Å². The lowest BCUT2D eigenvalue weighted by molar-refractivity contribution is -0.120. The van der Waals surface area contributed by atoms with E-state index in [9.17, 15) is 14.4 Å². The average molecular weight is 535 g/mol. The number of nitrogens with one attached hydrogen (secondary N) is 2. The molecule has 3 aliphatic rings. The number of fused-ring (bicyclic) bond motifs is 4. The minimum absolute atomic E-state index is 0.0150. The molecule has 7 rings (SSSR count). The maximum atomic E-state index is 14.3. The van der Waals surface area contributed by atoms with Crippen LogP contribution in [0, 0.1) is 6.92 Å². The molecule has 1 aromatic heterocycles. The second kappa shape index (κ2) is 9.64. The second-order valence-corrected chi connectivity index (χ2v) is 10.8. The molecule has 2 N–H and O–H groups in total. The zero-order valence-corrected chi connectivity index (χ0v) is 22.2. The lowest BCUT2D eigenvalue weighted by atomic mass is 9.87. The van der Waals surface area contributed by atoms with E-state index >= 15 is 0 Å². The molecule has 40 heavy (non-hydrogen) atoms. The first kappa shape index (κ1) is 24.6. The first-order valence-corrected chi connectivity index (χ1v) is 13.8. The highest BCUT2D eigenvalue weighted by Gasteiger charge is 2.53. The van der Waals surface area contributed by atoms with Crippen molar-refractivity contribution in [2.75, 3.05) is 18.1 Å². The number of hydrogen-bond donors (Lipinski definition) is 2. The summed E-state index contributed by atoms with van der Waals surface area (Å²) in [4.78, 5) is 48.2. The van der Waals surface area contributed by atoms with Crippen molar-refractivity contribution in [3.63, 3.8) is 0 Å². The number of anilines is 1. The van der Waals surface area contributed by atoms with Crippen molar-refractivity contribution < 1.29 is 19.1 Å². The van der Waals surface area contributed by atoms with Crippen LogP contribution < -0.4 is 10.2 Å². The first-order valence-electron chi connectivity index (χ1n) is 13.8. The maximum Gasteiger partial charge on any atom is 0.332 e.